The van der Waals surface area contributed by atoms with Crippen molar-refractivity contribution in [3.8, 4) is 11.8 Å². The molecule has 7 heteroatoms. The first-order chi connectivity index (χ1) is 12.6. The van der Waals surface area contributed by atoms with Gasteiger partial charge in [0.05, 0.1) is 13.3 Å². The minimum atomic E-state index is -0.546. The standard InChI is InChI=1S/C19H17ClFN3O2/c1-25-16-8-4-14(5-9-16)12-26-19-23-11-17(21)18(24-19)22-10-13-2-6-15(20)7-3-13/h2-9,11H,10,12H2,1H3,(H,22,23,24). The summed E-state index contributed by atoms with van der Waals surface area (Å²) in [4.78, 5) is 7.95. The summed E-state index contributed by atoms with van der Waals surface area (Å²) >= 11 is 5.85. The topological polar surface area (TPSA) is 56.3 Å². The number of ether oxygens (including phenoxy) is 2. The van der Waals surface area contributed by atoms with Crippen molar-refractivity contribution >= 4 is 17.4 Å². The number of nitrogens with one attached hydrogen (secondary N) is 1. The molecule has 1 aromatic heterocycles. The Hall–Kier alpha value is -2.86. The van der Waals surface area contributed by atoms with Crippen molar-refractivity contribution in [1.82, 2.24) is 9.97 Å². The molecule has 0 saturated heterocycles. The number of benzene rings is 2. The van der Waals surface area contributed by atoms with Gasteiger partial charge in [0.15, 0.2) is 11.6 Å². The summed E-state index contributed by atoms with van der Waals surface area (Å²) in [5, 5.41) is 3.59. The maximum absolute atomic E-state index is 13.9. The van der Waals surface area contributed by atoms with E-state index in [0.29, 0.717) is 11.6 Å². The number of aromatic nitrogens is 2. The Morgan fingerprint density at radius 3 is 2.42 bits per heavy atom. The Balaban J connectivity index is 1.61. The maximum atomic E-state index is 13.9. The van der Waals surface area contributed by atoms with Gasteiger partial charge in [-0.05, 0) is 35.4 Å². The molecular formula is C19H17ClFN3O2. The van der Waals surface area contributed by atoms with E-state index in [1.807, 2.05) is 36.4 Å². The molecule has 0 aliphatic carbocycles. The van der Waals surface area contributed by atoms with Gasteiger partial charge in [-0.3, -0.25) is 0 Å². The highest BCUT2D eigenvalue weighted by Gasteiger charge is 2.08. The average Bonchev–Trinajstić information content (AvgIpc) is 2.68. The quantitative estimate of drug-likeness (QED) is 0.662. The second kappa shape index (κ2) is 8.49. The molecule has 3 rings (SSSR count). The molecule has 0 radical (unpaired) electrons. The molecular weight excluding hydrogens is 357 g/mol. The van der Waals surface area contributed by atoms with Crippen LogP contribution in [0.4, 0.5) is 10.2 Å². The number of nitrogens with zero attached hydrogens (tertiary/aromatic N) is 2. The highest BCUT2D eigenvalue weighted by atomic mass is 35.5. The minimum Gasteiger partial charge on any atom is -0.497 e. The van der Waals surface area contributed by atoms with Crippen molar-refractivity contribution in [2.45, 2.75) is 13.2 Å². The lowest BCUT2D eigenvalue weighted by Gasteiger charge is -2.09. The first-order valence-corrected chi connectivity index (χ1v) is 8.28. The summed E-state index contributed by atoms with van der Waals surface area (Å²) in [5.41, 5.74) is 1.88. The van der Waals surface area contributed by atoms with Crippen LogP contribution in [-0.2, 0) is 13.2 Å². The predicted octanol–water partition coefficient (Wildman–Crippen LogP) is 4.47. The SMILES string of the molecule is COc1ccc(COc2ncc(F)c(NCc3ccc(Cl)cc3)n2)cc1. The molecule has 26 heavy (non-hydrogen) atoms. The molecule has 1 N–H and O–H groups in total. The molecule has 0 aliphatic heterocycles. The van der Waals surface area contributed by atoms with E-state index >= 15 is 0 Å². The summed E-state index contributed by atoms with van der Waals surface area (Å²) in [6.07, 6.45) is 1.08. The van der Waals surface area contributed by atoms with Gasteiger partial charge in [0, 0.05) is 11.6 Å². The second-order valence-corrected chi connectivity index (χ2v) is 5.90. The number of anilines is 1. The maximum Gasteiger partial charge on any atom is 0.318 e. The molecule has 3 aromatic rings. The number of halogens is 2. The Labute approximate surface area is 155 Å². The smallest absolute Gasteiger partial charge is 0.318 e. The van der Waals surface area contributed by atoms with Crippen LogP contribution in [0.1, 0.15) is 11.1 Å². The number of hydrogen-bond donors (Lipinski definition) is 1. The fraction of sp³-hybridized carbons (Fsp3) is 0.158. The van der Waals surface area contributed by atoms with Crippen LogP contribution in [0, 0.1) is 5.82 Å². The molecule has 134 valence electrons. The number of methoxy groups -OCH3 is 1. The van der Waals surface area contributed by atoms with Crippen LogP contribution in [-0.4, -0.2) is 17.1 Å². The van der Waals surface area contributed by atoms with Crippen molar-refractivity contribution in [2.24, 2.45) is 0 Å². The highest BCUT2D eigenvalue weighted by Crippen LogP contribution is 2.17. The van der Waals surface area contributed by atoms with E-state index in [1.165, 1.54) is 0 Å². The Morgan fingerprint density at radius 2 is 1.73 bits per heavy atom. The lowest BCUT2D eigenvalue weighted by atomic mass is 10.2. The molecule has 0 fully saturated rings. The molecule has 0 saturated carbocycles. The van der Waals surface area contributed by atoms with E-state index in [2.05, 4.69) is 15.3 Å². The zero-order valence-corrected chi connectivity index (χ0v) is 14.8. The summed E-state index contributed by atoms with van der Waals surface area (Å²) in [5.74, 6) is 0.302. The summed E-state index contributed by atoms with van der Waals surface area (Å²) < 4.78 is 24.6. The van der Waals surface area contributed by atoms with Crippen LogP contribution in [0.5, 0.6) is 11.8 Å². The molecule has 1 heterocycles. The monoisotopic (exact) mass is 373 g/mol. The predicted molar refractivity (Wildman–Crippen MR) is 98.1 cm³/mol. The van der Waals surface area contributed by atoms with Crippen LogP contribution in [0.25, 0.3) is 0 Å². The van der Waals surface area contributed by atoms with Crippen molar-refractivity contribution in [1.29, 1.82) is 0 Å². The lowest BCUT2D eigenvalue weighted by Crippen LogP contribution is -2.07. The van der Waals surface area contributed by atoms with Crippen LogP contribution < -0.4 is 14.8 Å². The summed E-state index contributed by atoms with van der Waals surface area (Å²) in [6.45, 7) is 0.676. The van der Waals surface area contributed by atoms with Gasteiger partial charge in [0.25, 0.3) is 0 Å². The highest BCUT2D eigenvalue weighted by molar-refractivity contribution is 6.30. The van der Waals surface area contributed by atoms with Crippen LogP contribution in [0.2, 0.25) is 5.02 Å². The van der Waals surface area contributed by atoms with Crippen molar-refractivity contribution in [3.05, 3.63) is 76.7 Å². The Bertz CT molecular complexity index is 858. The van der Waals surface area contributed by atoms with E-state index in [0.717, 1.165) is 23.1 Å². The van der Waals surface area contributed by atoms with E-state index in [9.17, 15) is 4.39 Å². The largest absolute Gasteiger partial charge is 0.497 e. The third kappa shape index (κ3) is 4.83. The molecule has 0 aliphatic rings. The first kappa shape index (κ1) is 17.9. The van der Waals surface area contributed by atoms with Crippen molar-refractivity contribution in [2.75, 3.05) is 12.4 Å². The fourth-order valence-electron chi connectivity index (χ4n) is 2.20. The minimum absolute atomic E-state index is 0.0830. The van der Waals surface area contributed by atoms with Crippen LogP contribution in [0.15, 0.2) is 54.7 Å². The van der Waals surface area contributed by atoms with Crippen molar-refractivity contribution in [3.63, 3.8) is 0 Å². The molecule has 0 atom stereocenters. The molecule has 0 amide bonds. The fourth-order valence-corrected chi connectivity index (χ4v) is 2.33. The molecule has 0 spiro atoms. The second-order valence-electron chi connectivity index (χ2n) is 5.47. The van der Waals surface area contributed by atoms with Gasteiger partial charge in [0.1, 0.15) is 12.4 Å². The van der Waals surface area contributed by atoms with Gasteiger partial charge >= 0.3 is 6.01 Å². The zero-order chi connectivity index (χ0) is 18.4. The first-order valence-electron chi connectivity index (χ1n) is 7.90. The molecule has 2 aromatic carbocycles. The number of hydrogen-bond acceptors (Lipinski definition) is 5. The van der Waals surface area contributed by atoms with Crippen molar-refractivity contribution < 1.29 is 13.9 Å². The van der Waals surface area contributed by atoms with Gasteiger partial charge in [-0.15, -0.1) is 0 Å². The van der Waals surface area contributed by atoms with Gasteiger partial charge in [-0.1, -0.05) is 35.9 Å². The summed E-state index contributed by atoms with van der Waals surface area (Å²) in [6, 6.07) is 14.8. The average molecular weight is 374 g/mol. The van der Waals surface area contributed by atoms with E-state index in [1.54, 1.807) is 19.2 Å². The molecule has 5 nitrogen and oxygen atoms in total. The Morgan fingerprint density at radius 1 is 1.04 bits per heavy atom. The summed E-state index contributed by atoms with van der Waals surface area (Å²) in [7, 11) is 1.61. The Kier molecular flexibility index (Phi) is 5.86. The van der Waals surface area contributed by atoms with Gasteiger partial charge < -0.3 is 14.8 Å². The third-order valence-electron chi connectivity index (χ3n) is 3.62. The van der Waals surface area contributed by atoms with Crippen LogP contribution in [0.3, 0.4) is 0 Å². The van der Waals surface area contributed by atoms with Gasteiger partial charge in [-0.25, -0.2) is 9.37 Å². The molecule has 0 bridgehead atoms. The van der Waals surface area contributed by atoms with E-state index < -0.39 is 5.82 Å². The number of rotatable bonds is 7. The van der Waals surface area contributed by atoms with E-state index in [4.69, 9.17) is 21.1 Å². The van der Waals surface area contributed by atoms with Gasteiger partial charge in [-0.2, -0.15) is 4.98 Å². The zero-order valence-electron chi connectivity index (χ0n) is 14.1. The third-order valence-corrected chi connectivity index (χ3v) is 3.87. The van der Waals surface area contributed by atoms with Crippen LogP contribution >= 0.6 is 11.6 Å². The van der Waals surface area contributed by atoms with E-state index in [-0.39, 0.29) is 18.4 Å². The van der Waals surface area contributed by atoms with Gasteiger partial charge in [0.2, 0.25) is 0 Å². The lowest BCUT2D eigenvalue weighted by molar-refractivity contribution is 0.279. The normalized spacial score (nSPS) is 10.4. The molecule has 0 unspecified atom stereocenters.